The molecule has 9 heteroatoms. The molecular weight excluding hydrogens is 387 g/mol. The lowest BCUT2D eigenvalue weighted by molar-refractivity contribution is -0.137. The number of rotatable bonds is 7. The van der Waals surface area contributed by atoms with Crippen LogP contribution in [-0.4, -0.2) is 25.4 Å². The third-order valence-corrected chi connectivity index (χ3v) is 3.84. The Bertz CT molecular complexity index is 911. The van der Waals surface area contributed by atoms with Crippen molar-refractivity contribution in [1.82, 2.24) is 0 Å². The first-order chi connectivity index (χ1) is 13.7. The molecule has 2 aromatic rings. The van der Waals surface area contributed by atoms with Crippen LogP contribution in [0, 0.1) is 6.92 Å². The molecule has 0 aliphatic heterocycles. The van der Waals surface area contributed by atoms with E-state index in [2.05, 4.69) is 20.5 Å². The number of oxime groups is 2. The molecule has 2 rings (SSSR count). The fraction of sp³-hybridized carbons (Fsp3) is 0.250. The van der Waals surface area contributed by atoms with Gasteiger partial charge >= 0.3 is 6.18 Å². The van der Waals surface area contributed by atoms with E-state index in [4.69, 9.17) is 4.84 Å². The molecule has 0 bridgehead atoms. The number of hydrogen-bond donors (Lipinski definition) is 1. The highest BCUT2D eigenvalue weighted by Gasteiger charge is 2.31. The van der Waals surface area contributed by atoms with Crippen molar-refractivity contribution in [2.75, 3.05) is 12.4 Å². The van der Waals surface area contributed by atoms with E-state index >= 15 is 0 Å². The van der Waals surface area contributed by atoms with Crippen LogP contribution in [0.25, 0.3) is 0 Å². The largest absolute Gasteiger partial charge is 0.416 e. The van der Waals surface area contributed by atoms with Crippen molar-refractivity contribution in [1.29, 1.82) is 0 Å². The van der Waals surface area contributed by atoms with Crippen LogP contribution in [0.1, 0.15) is 35.3 Å². The van der Waals surface area contributed by atoms with Crippen LogP contribution in [0.2, 0.25) is 0 Å². The van der Waals surface area contributed by atoms with Gasteiger partial charge in [-0.05, 0) is 30.7 Å². The highest BCUT2D eigenvalue weighted by atomic mass is 19.4. The van der Waals surface area contributed by atoms with Gasteiger partial charge in [0.2, 0.25) is 5.91 Å². The number of halogens is 3. The highest BCUT2D eigenvalue weighted by molar-refractivity contribution is 5.97. The molecule has 154 valence electrons. The Morgan fingerprint density at radius 2 is 1.90 bits per heavy atom. The summed E-state index contributed by atoms with van der Waals surface area (Å²) in [6, 6.07) is 9.96. The minimum atomic E-state index is -4.49. The van der Waals surface area contributed by atoms with Crippen LogP contribution < -0.4 is 5.32 Å². The van der Waals surface area contributed by atoms with Crippen molar-refractivity contribution in [3.8, 4) is 0 Å². The Morgan fingerprint density at radius 1 is 1.17 bits per heavy atom. The van der Waals surface area contributed by atoms with E-state index in [1.807, 2.05) is 13.0 Å². The number of anilines is 1. The topological polar surface area (TPSA) is 72.3 Å². The van der Waals surface area contributed by atoms with Crippen molar-refractivity contribution < 1.29 is 27.6 Å². The predicted octanol–water partition coefficient (Wildman–Crippen LogP) is 4.70. The fourth-order valence-corrected chi connectivity index (χ4v) is 2.48. The Morgan fingerprint density at radius 3 is 2.55 bits per heavy atom. The summed E-state index contributed by atoms with van der Waals surface area (Å²) in [5.74, 6) is -0.250. The molecule has 1 amide bonds. The second-order valence-electron chi connectivity index (χ2n) is 6.04. The molecule has 1 atom stereocenters. The number of carbonyl (C=O) groups is 1. The first-order valence-corrected chi connectivity index (χ1v) is 8.52. The Labute approximate surface area is 166 Å². The monoisotopic (exact) mass is 407 g/mol. The third kappa shape index (κ3) is 6.34. The van der Waals surface area contributed by atoms with E-state index in [0.717, 1.165) is 17.7 Å². The zero-order valence-electron chi connectivity index (χ0n) is 16.0. The summed E-state index contributed by atoms with van der Waals surface area (Å²) in [5.41, 5.74) is 1.35. The lowest BCUT2D eigenvalue weighted by atomic mass is 10.1. The third-order valence-electron chi connectivity index (χ3n) is 3.84. The summed E-state index contributed by atoms with van der Waals surface area (Å²) in [4.78, 5) is 21.3. The van der Waals surface area contributed by atoms with Crippen molar-refractivity contribution in [2.24, 2.45) is 10.3 Å². The maximum atomic E-state index is 13.0. The summed E-state index contributed by atoms with van der Waals surface area (Å²) >= 11 is 0. The average Bonchev–Trinajstić information content (AvgIpc) is 2.65. The molecule has 1 N–H and O–H groups in total. The standard InChI is InChI=1S/C20H20F3N3O3/c1-13-6-4-9-18(26-14(2)27)17(13)11-25-29-19(12-24-28-3)15-7-5-8-16(10-15)20(21,22)23/h4-12,19H,1-3H3,(H,26,27)/b24-12+,25-11+. The normalized spacial score (nSPS) is 12.9. The van der Waals surface area contributed by atoms with Crippen LogP contribution in [0.15, 0.2) is 52.8 Å². The molecule has 0 aliphatic rings. The molecule has 29 heavy (non-hydrogen) atoms. The quantitative estimate of drug-likeness (QED) is 0.534. The summed E-state index contributed by atoms with van der Waals surface area (Å²) < 4.78 is 39.0. The summed E-state index contributed by atoms with van der Waals surface area (Å²) in [7, 11) is 1.30. The van der Waals surface area contributed by atoms with Crippen molar-refractivity contribution >= 4 is 24.0 Å². The van der Waals surface area contributed by atoms with Gasteiger partial charge in [-0.15, -0.1) is 0 Å². The van der Waals surface area contributed by atoms with Crippen molar-refractivity contribution in [2.45, 2.75) is 26.1 Å². The van der Waals surface area contributed by atoms with Crippen LogP contribution in [0.4, 0.5) is 18.9 Å². The summed E-state index contributed by atoms with van der Waals surface area (Å²) in [5, 5.41) is 10.2. The number of aryl methyl sites for hydroxylation is 1. The highest BCUT2D eigenvalue weighted by Crippen LogP contribution is 2.31. The van der Waals surface area contributed by atoms with Gasteiger partial charge in [0.15, 0.2) is 6.10 Å². The Kier molecular flexibility index (Phi) is 7.35. The van der Waals surface area contributed by atoms with Gasteiger partial charge in [-0.25, -0.2) is 0 Å². The molecule has 0 saturated heterocycles. The van der Waals surface area contributed by atoms with Gasteiger partial charge < -0.3 is 15.0 Å². The van der Waals surface area contributed by atoms with Gasteiger partial charge in [-0.1, -0.05) is 34.6 Å². The van der Waals surface area contributed by atoms with Gasteiger partial charge in [0.05, 0.1) is 18.0 Å². The lowest BCUT2D eigenvalue weighted by Crippen LogP contribution is -2.10. The van der Waals surface area contributed by atoms with Gasteiger partial charge in [0.1, 0.15) is 7.11 Å². The van der Waals surface area contributed by atoms with Gasteiger partial charge in [-0.3, -0.25) is 4.79 Å². The van der Waals surface area contributed by atoms with Gasteiger partial charge in [-0.2, -0.15) is 13.2 Å². The molecule has 1 unspecified atom stereocenters. The molecule has 0 saturated carbocycles. The Balaban J connectivity index is 2.29. The second-order valence-corrected chi connectivity index (χ2v) is 6.04. The molecule has 2 aromatic carbocycles. The van der Waals surface area contributed by atoms with E-state index in [1.54, 1.807) is 12.1 Å². The maximum absolute atomic E-state index is 13.0. The zero-order chi connectivity index (χ0) is 21.4. The number of nitrogens with zero attached hydrogens (tertiary/aromatic N) is 2. The molecule has 0 aromatic heterocycles. The van der Waals surface area contributed by atoms with Crippen LogP contribution in [-0.2, 0) is 20.6 Å². The summed E-state index contributed by atoms with van der Waals surface area (Å²) in [6.45, 7) is 3.20. The number of hydrogen-bond acceptors (Lipinski definition) is 5. The first-order valence-electron chi connectivity index (χ1n) is 8.52. The van der Waals surface area contributed by atoms with Gasteiger partial charge in [0, 0.05) is 23.7 Å². The summed E-state index contributed by atoms with van der Waals surface area (Å²) in [6.07, 6.45) is -2.93. The van der Waals surface area contributed by atoms with E-state index < -0.39 is 17.8 Å². The molecule has 0 spiro atoms. The van der Waals surface area contributed by atoms with Gasteiger partial charge in [0.25, 0.3) is 0 Å². The number of alkyl halides is 3. The number of amides is 1. The predicted molar refractivity (Wildman–Crippen MR) is 104 cm³/mol. The lowest BCUT2D eigenvalue weighted by Gasteiger charge is -2.14. The van der Waals surface area contributed by atoms with E-state index in [1.165, 1.54) is 38.6 Å². The molecule has 0 radical (unpaired) electrons. The van der Waals surface area contributed by atoms with E-state index in [0.29, 0.717) is 11.3 Å². The van der Waals surface area contributed by atoms with E-state index in [9.17, 15) is 18.0 Å². The average molecular weight is 407 g/mol. The van der Waals surface area contributed by atoms with Crippen molar-refractivity contribution in [3.63, 3.8) is 0 Å². The first kappa shape index (κ1) is 21.9. The molecular formula is C20H20F3N3O3. The number of benzene rings is 2. The number of carbonyl (C=O) groups excluding carboxylic acids is 1. The smallest absolute Gasteiger partial charge is 0.399 e. The minimum absolute atomic E-state index is 0.199. The molecule has 0 fully saturated rings. The number of nitrogens with one attached hydrogen (secondary N) is 1. The van der Waals surface area contributed by atoms with Crippen molar-refractivity contribution in [3.05, 3.63) is 64.7 Å². The van der Waals surface area contributed by atoms with E-state index in [-0.39, 0.29) is 11.5 Å². The molecule has 0 aliphatic carbocycles. The van der Waals surface area contributed by atoms with Crippen LogP contribution >= 0.6 is 0 Å². The Hall–Kier alpha value is -3.36. The van der Waals surface area contributed by atoms with Crippen LogP contribution in [0.3, 0.4) is 0 Å². The minimum Gasteiger partial charge on any atom is -0.399 e. The second kappa shape index (κ2) is 9.72. The molecule has 0 heterocycles. The zero-order valence-corrected chi connectivity index (χ0v) is 16.0. The molecule has 6 nitrogen and oxygen atoms in total. The van der Waals surface area contributed by atoms with Crippen LogP contribution in [0.5, 0.6) is 0 Å². The fourth-order valence-electron chi connectivity index (χ4n) is 2.48. The maximum Gasteiger partial charge on any atom is 0.416 e. The SMILES string of the molecule is CO/N=C/C(O/N=C/c1c(C)cccc1NC(C)=O)c1cccc(C(F)(F)F)c1.